The van der Waals surface area contributed by atoms with Gasteiger partial charge < -0.3 is 19.9 Å². The van der Waals surface area contributed by atoms with Gasteiger partial charge in [-0.05, 0) is 61.0 Å². The van der Waals surface area contributed by atoms with Crippen molar-refractivity contribution in [2.45, 2.75) is 13.3 Å². The summed E-state index contributed by atoms with van der Waals surface area (Å²) in [5.41, 5.74) is 2.86. The van der Waals surface area contributed by atoms with Crippen molar-refractivity contribution in [2.75, 3.05) is 43.0 Å². The van der Waals surface area contributed by atoms with E-state index in [9.17, 15) is 9.59 Å². The van der Waals surface area contributed by atoms with Crippen LogP contribution in [0.2, 0.25) is 5.02 Å². The topological polar surface area (TPSA) is 61.9 Å². The molecule has 1 aliphatic rings. The van der Waals surface area contributed by atoms with Crippen LogP contribution < -0.4 is 15.0 Å². The number of benzene rings is 3. The number of carbonyl (C=O) groups is 2. The second kappa shape index (κ2) is 11.1. The van der Waals surface area contributed by atoms with Crippen LogP contribution in [0.25, 0.3) is 0 Å². The second-order valence-electron chi connectivity index (χ2n) is 8.13. The number of hydrogen-bond acceptors (Lipinski definition) is 4. The number of halogens is 1. The van der Waals surface area contributed by atoms with Crippen LogP contribution in [0.1, 0.15) is 34.1 Å². The van der Waals surface area contributed by atoms with Crippen molar-refractivity contribution in [3.05, 3.63) is 88.9 Å². The molecule has 1 fully saturated rings. The van der Waals surface area contributed by atoms with E-state index in [1.807, 2.05) is 48.2 Å². The third-order valence-electron chi connectivity index (χ3n) is 5.72. The maximum atomic E-state index is 12.9. The number of rotatable bonds is 7. The van der Waals surface area contributed by atoms with Crippen molar-refractivity contribution in [1.82, 2.24) is 4.90 Å². The van der Waals surface area contributed by atoms with Gasteiger partial charge in [-0.25, -0.2) is 0 Å². The highest BCUT2D eigenvalue weighted by Gasteiger charge is 2.24. The highest BCUT2D eigenvalue weighted by Crippen LogP contribution is 2.28. The number of para-hydroxylation sites is 2. The molecule has 1 aliphatic heterocycles. The van der Waals surface area contributed by atoms with E-state index in [2.05, 4.69) is 10.2 Å². The average molecular weight is 478 g/mol. The van der Waals surface area contributed by atoms with E-state index >= 15 is 0 Å². The Morgan fingerprint density at radius 1 is 0.912 bits per heavy atom. The summed E-state index contributed by atoms with van der Waals surface area (Å²) < 4.78 is 5.66. The summed E-state index contributed by atoms with van der Waals surface area (Å²) in [5, 5.41) is 3.65. The Bertz CT molecular complexity index is 1140. The summed E-state index contributed by atoms with van der Waals surface area (Å²) in [7, 11) is 0. The van der Waals surface area contributed by atoms with E-state index in [1.54, 1.807) is 36.4 Å². The molecule has 2 amide bonds. The third-order valence-corrected chi connectivity index (χ3v) is 5.97. The van der Waals surface area contributed by atoms with Crippen molar-refractivity contribution in [3.8, 4) is 5.75 Å². The van der Waals surface area contributed by atoms with Gasteiger partial charge in [0.05, 0.1) is 18.0 Å². The zero-order chi connectivity index (χ0) is 23.9. The van der Waals surface area contributed by atoms with Crippen molar-refractivity contribution >= 4 is 34.8 Å². The summed E-state index contributed by atoms with van der Waals surface area (Å²) >= 11 is 5.94. The van der Waals surface area contributed by atoms with Crippen LogP contribution in [0, 0.1) is 0 Å². The molecular weight excluding hydrogens is 450 g/mol. The van der Waals surface area contributed by atoms with E-state index in [4.69, 9.17) is 16.3 Å². The Morgan fingerprint density at radius 3 is 2.38 bits per heavy atom. The van der Waals surface area contributed by atoms with Crippen LogP contribution in [0.15, 0.2) is 72.8 Å². The standard InChI is InChI=1S/C27H28ClN3O3/c1-2-18-34-23-7-5-6-21(19-23)26(32)29-24-8-3-4-9-25(24)30-14-16-31(17-15-30)27(33)20-10-12-22(28)13-11-20/h3-13,19H,2,14-18H2,1H3,(H,29,32). The molecule has 0 aliphatic carbocycles. The van der Waals surface area contributed by atoms with Gasteiger partial charge in [-0.3, -0.25) is 9.59 Å². The lowest BCUT2D eigenvalue weighted by Crippen LogP contribution is -2.49. The Morgan fingerprint density at radius 2 is 1.65 bits per heavy atom. The predicted molar refractivity (Wildman–Crippen MR) is 136 cm³/mol. The molecule has 0 spiro atoms. The Balaban J connectivity index is 1.41. The van der Waals surface area contributed by atoms with Gasteiger partial charge >= 0.3 is 0 Å². The quantitative estimate of drug-likeness (QED) is 0.498. The summed E-state index contributed by atoms with van der Waals surface area (Å²) in [4.78, 5) is 29.8. The van der Waals surface area contributed by atoms with Crippen molar-refractivity contribution < 1.29 is 14.3 Å². The molecule has 3 aromatic carbocycles. The van der Waals surface area contributed by atoms with Gasteiger partial charge in [-0.15, -0.1) is 0 Å². The van der Waals surface area contributed by atoms with Gasteiger partial charge in [-0.1, -0.05) is 36.7 Å². The zero-order valence-electron chi connectivity index (χ0n) is 19.2. The molecular formula is C27H28ClN3O3. The fourth-order valence-corrected chi connectivity index (χ4v) is 4.05. The summed E-state index contributed by atoms with van der Waals surface area (Å²) in [6.45, 7) is 5.20. The summed E-state index contributed by atoms with van der Waals surface area (Å²) in [6.07, 6.45) is 0.905. The van der Waals surface area contributed by atoms with Crippen LogP contribution in [-0.2, 0) is 0 Å². The monoisotopic (exact) mass is 477 g/mol. The van der Waals surface area contributed by atoms with Crippen LogP contribution in [0.5, 0.6) is 5.75 Å². The number of carbonyl (C=O) groups excluding carboxylic acids is 2. The van der Waals surface area contributed by atoms with Crippen LogP contribution in [-0.4, -0.2) is 49.5 Å². The Kier molecular flexibility index (Phi) is 7.70. The molecule has 0 atom stereocenters. The van der Waals surface area contributed by atoms with Crippen molar-refractivity contribution in [3.63, 3.8) is 0 Å². The fourth-order valence-electron chi connectivity index (χ4n) is 3.92. The molecule has 1 N–H and O–H groups in total. The number of piperazine rings is 1. The lowest BCUT2D eigenvalue weighted by Gasteiger charge is -2.37. The Hall–Kier alpha value is -3.51. The van der Waals surface area contributed by atoms with E-state index < -0.39 is 0 Å². The van der Waals surface area contributed by atoms with Crippen LogP contribution in [0.4, 0.5) is 11.4 Å². The van der Waals surface area contributed by atoms with Gasteiger partial charge in [0.1, 0.15) is 5.75 Å². The minimum Gasteiger partial charge on any atom is -0.494 e. The molecule has 6 nitrogen and oxygen atoms in total. The second-order valence-corrected chi connectivity index (χ2v) is 8.57. The minimum absolute atomic E-state index is 0.00285. The first-order valence-electron chi connectivity index (χ1n) is 11.5. The third kappa shape index (κ3) is 5.69. The fraction of sp³-hybridized carbons (Fsp3) is 0.259. The van der Waals surface area contributed by atoms with Gasteiger partial charge in [0.15, 0.2) is 0 Å². The summed E-state index contributed by atoms with van der Waals surface area (Å²) in [6, 6.07) is 21.9. The lowest BCUT2D eigenvalue weighted by molar-refractivity contribution is 0.0746. The number of hydrogen-bond donors (Lipinski definition) is 1. The molecule has 7 heteroatoms. The highest BCUT2D eigenvalue weighted by molar-refractivity contribution is 6.30. The number of nitrogens with zero attached hydrogens (tertiary/aromatic N) is 2. The highest BCUT2D eigenvalue weighted by atomic mass is 35.5. The number of anilines is 2. The van der Waals surface area contributed by atoms with E-state index in [-0.39, 0.29) is 11.8 Å². The maximum Gasteiger partial charge on any atom is 0.255 e. The zero-order valence-corrected chi connectivity index (χ0v) is 19.9. The molecule has 176 valence electrons. The van der Waals surface area contributed by atoms with Crippen molar-refractivity contribution in [2.24, 2.45) is 0 Å². The minimum atomic E-state index is -0.189. The molecule has 4 rings (SSSR count). The maximum absolute atomic E-state index is 12.9. The molecule has 0 aromatic heterocycles. The average Bonchev–Trinajstić information content (AvgIpc) is 2.88. The molecule has 1 saturated heterocycles. The number of nitrogens with one attached hydrogen (secondary N) is 1. The smallest absolute Gasteiger partial charge is 0.255 e. The molecule has 0 radical (unpaired) electrons. The van der Waals surface area contributed by atoms with E-state index in [0.29, 0.717) is 54.7 Å². The summed E-state index contributed by atoms with van der Waals surface area (Å²) in [5.74, 6) is 0.498. The lowest BCUT2D eigenvalue weighted by atomic mass is 10.1. The molecule has 3 aromatic rings. The predicted octanol–water partition coefficient (Wildman–Crippen LogP) is 5.34. The van der Waals surface area contributed by atoms with Gasteiger partial charge in [0.2, 0.25) is 0 Å². The molecule has 0 unspecified atom stereocenters. The van der Waals surface area contributed by atoms with E-state index in [0.717, 1.165) is 17.8 Å². The SMILES string of the molecule is CCCOc1cccc(C(=O)Nc2ccccc2N2CCN(C(=O)c3ccc(Cl)cc3)CC2)c1. The molecule has 1 heterocycles. The first-order valence-corrected chi connectivity index (χ1v) is 11.9. The molecule has 34 heavy (non-hydrogen) atoms. The van der Waals surface area contributed by atoms with Gasteiger partial charge in [0, 0.05) is 42.3 Å². The van der Waals surface area contributed by atoms with Gasteiger partial charge in [-0.2, -0.15) is 0 Å². The normalized spacial score (nSPS) is 13.5. The van der Waals surface area contributed by atoms with Gasteiger partial charge in [0.25, 0.3) is 11.8 Å². The number of amides is 2. The van der Waals surface area contributed by atoms with Crippen LogP contribution in [0.3, 0.4) is 0 Å². The first-order chi connectivity index (χ1) is 16.5. The first kappa shape index (κ1) is 23.6. The molecule has 0 saturated carbocycles. The van der Waals surface area contributed by atoms with Crippen molar-refractivity contribution in [1.29, 1.82) is 0 Å². The van der Waals surface area contributed by atoms with Crippen LogP contribution >= 0.6 is 11.6 Å². The van der Waals surface area contributed by atoms with E-state index in [1.165, 1.54) is 0 Å². The number of ether oxygens (including phenoxy) is 1. The Labute approximate surface area is 205 Å². The molecule has 0 bridgehead atoms. The largest absolute Gasteiger partial charge is 0.494 e.